The van der Waals surface area contributed by atoms with Crippen molar-refractivity contribution in [3.63, 3.8) is 0 Å². The third-order valence-corrected chi connectivity index (χ3v) is 4.67. The lowest BCUT2D eigenvalue weighted by molar-refractivity contribution is -0.113. The molecule has 0 atom stereocenters. The van der Waals surface area contributed by atoms with E-state index in [2.05, 4.69) is 48.4 Å². The van der Waals surface area contributed by atoms with Crippen molar-refractivity contribution in [3.8, 4) is 0 Å². The molecule has 1 amide bonds. The maximum absolute atomic E-state index is 11.8. The van der Waals surface area contributed by atoms with Gasteiger partial charge in [0.05, 0.1) is 11.4 Å². The topological polar surface area (TPSA) is 42.0 Å². The summed E-state index contributed by atoms with van der Waals surface area (Å²) in [6, 6.07) is 8.38. The minimum Gasteiger partial charge on any atom is -0.301 e. The van der Waals surface area contributed by atoms with E-state index in [0.717, 1.165) is 10.6 Å². The van der Waals surface area contributed by atoms with Gasteiger partial charge in [-0.05, 0) is 30.5 Å². The van der Waals surface area contributed by atoms with Crippen LogP contribution in [0.15, 0.2) is 34.5 Å². The SMILES string of the molecule is Cc1csc(NC(=O)CSc2ccc(C(C)C)cc2)n1. The molecule has 0 saturated carbocycles. The first-order chi connectivity index (χ1) is 9.54. The first kappa shape index (κ1) is 15.1. The smallest absolute Gasteiger partial charge is 0.236 e. The molecule has 0 aliphatic heterocycles. The lowest BCUT2D eigenvalue weighted by atomic mass is 10.0. The molecule has 2 rings (SSSR count). The molecule has 0 bridgehead atoms. The standard InChI is InChI=1S/C15H18N2OS2/c1-10(2)12-4-6-13(7-5-12)19-9-14(18)17-15-16-11(3)8-20-15/h4-8,10H,9H2,1-3H3,(H,16,17,18). The second-order valence-corrected chi connectivity index (χ2v) is 6.76. The van der Waals surface area contributed by atoms with Crippen molar-refractivity contribution in [2.45, 2.75) is 31.6 Å². The van der Waals surface area contributed by atoms with Crippen molar-refractivity contribution in [1.29, 1.82) is 0 Å². The number of nitrogens with one attached hydrogen (secondary N) is 1. The summed E-state index contributed by atoms with van der Waals surface area (Å²) >= 11 is 2.99. The van der Waals surface area contributed by atoms with E-state index in [1.807, 2.05) is 12.3 Å². The third-order valence-electron chi connectivity index (χ3n) is 2.78. The van der Waals surface area contributed by atoms with E-state index in [1.165, 1.54) is 28.7 Å². The Bertz CT molecular complexity index is 576. The van der Waals surface area contributed by atoms with Gasteiger partial charge in [-0.2, -0.15) is 0 Å². The number of nitrogens with zero attached hydrogens (tertiary/aromatic N) is 1. The first-order valence-corrected chi connectivity index (χ1v) is 8.36. The Morgan fingerprint density at radius 3 is 2.60 bits per heavy atom. The predicted octanol–water partition coefficient (Wildman–Crippen LogP) is 4.31. The predicted molar refractivity (Wildman–Crippen MR) is 86.7 cm³/mol. The summed E-state index contributed by atoms with van der Waals surface area (Å²) in [5.41, 5.74) is 2.25. The summed E-state index contributed by atoms with van der Waals surface area (Å²) in [6.07, 6.45) is 0. The van der Waals surface area contributed by atoms with E-state index in [4.69, 9.17) is 0 Å². The number of anilines is 1. The molecule has 1 heterocycles. The molecule has 3 nitrogen and oxygen atoms in total. The van der Waals surface area contributed by atoms with Gasteiger partial charge in [-0.15, -0.1) is 23.1 Å². The van der Waals surface area contributed by atoms with Crippen LogP contribution in [0.2, 0.25) is 0 Å². The summed E-state index contributed by atoms with van der Waals surface area (Å²) in [6.45, 7) is 6.26. The summed E-state index contributed by atoms with van der Waals surface area (Å²) < 4.78 is 0. The highest BCUT2D eigenvalue weighted by Gasteiger charge is 2.06. The van der Waals surface area contributed by atoms with Gasteiger partial charge < -0.3 is 5.32 Å². The zero-order valence-electron chi connectivity index (χ0n) is 11.8. The Balaban J connectivity index is 1.83. The minimum absolute atomic E-state index is 0.0164. The Hall–Kier alpha value is -1.33. The largest absolute Gasteiger partial charge is 0.301 e. The molecule has 0 unspecified atom stereocenters. The average Bonchev–Trinajstić information content (AvgIpc) is 2.82. The molecule has 0 aliphatic rings. The van der Waals surface area contributed by atoms with Crippen LogP contribution in [0, 0.1) is 6.92 Å². The molecule has 1 aromatic carbocycles. The van der Waals surface area contributed by atoms with Crippen LogP contribution < -0.4 is 5.32 Å². The number of aryl methyl sites for hydroxylation is 1. The van der Waals surface area contributed by atoms with Crippen molar-refractivity contribution in [2.75, 3.05) is 11.1 Å². The van der Waals surface area contributed by atoms with E-state index in [-0.39, 0.29) is 5.91 Å². The number of benzene rings is 1. The maximum Gasteiger partial charge on any atom is 0.236 e. The third kappa shape index (κ3) is 4.35. The van der Waals surface area contributed by atoms with Crippen LogP contribution in [0.25, 0.3) is 0 Å². The highest BCUT2D eigenvalue weighted by Crippen LogP contribution is 2.22. The normalized spacial score (nSPS) is 10.8. The lowest BCUT2D eigenvalue weighted by Crippen LogP contribution is -2.13. The van der Waals surface area contributed by atoms with Gasteiger partial charge in [-0.1, -0.05) is 26.0 Å². The molecule has 0 spiro atoms. The van der Waals surface area contributed by atoms with Gasteiger partial charge in [0.25, 0.3) is 0 Å². The van der Waals surface area contributed by atoms with Crippen molar-refractivity contribution in [2.24, 2.45) is 0 Å². The minimum atomic E-state index is -0.0164. The van der Waals surface area contributed by atoms with Crippen molar-refractivity contribution in [3.05, 3.63) is 40.9 Å². The van der Waals surface area contributed by atoms with Gasteiger partial charge in [0.15, 0.2) is 5.13 Å². The molecule has 20 heavy (non-hydrogen) atoms. The summed E-state index contributed by atoms with van der Waals surface area (Å²) in [5, 5.41) is 5.40. The Morgan fingerprint density at radius 2 is 2.05 bits per heavy atom. The van der Waals surface area contributed by atoms with E-state index < -0.39 is 0 Å². The van der Waals surface area contributed by atoms with Crippen LogP contribution in [-0.2, 0) is 4.79 Å². The zero-order chi connectivity index (χ0) is 14.5. The van der Waals surface area contributed by atoms with Gasteiger partial charge in [0, 0.05) is 10.3 Å². The van der Waals surface area contributed by atoms with Crippen LogP contribution in [0.1, 0.15) is 31.0 Å². The number of thiazole rings is 1. The van der Waals surface area contributed by atoms with Crippen LogP contribution >= 0.6 is 23.1 Å². The Kier molecular flexibility index (Phi) is 5.20. The molecular weight excluding hydrogens is 288 g/mol. The Labute approximate surface area is 127 Å². The second kappa shape index (κ2) is 6.90. The molecule has 106 valence electrons. The molecule has 0 fully saturated rings. The number of thioether (sulfide) groups is 1. The fourth-order valence-electron chi connectivity index (χ4n) is 1.66. The number of carbonyl (C=O) groups excluding carboxylic acids is 1. The number of hydrogen-bond acceptors (Lipinski definition) is 4. The van der Waals surface area contributed by atoms with Gasteiger partial charge in [0.1, 0.15) is 0 Å². The van der Waals surface area contributed by atoms with Crippen molar-refractivity contribution >= 4 is 34.1 Å². The summed E-state index contributed by atoms with van der Waals surface area (Å²) in [4.78, 5) is 17.1. The number of amides is 1. The summed E-state index contributed by atoms with van der Waals surface area (Å²) in [5.74, 6) is 0.919. The lowest BCUT2D eigenvalue weighted by Gasteiger charge is -2.06. The molecular formula is C15H18N2OS2. The molecule has 0 radical (unpaired) electrons. The fraction of sp³-hybridized carbons (Fsp3) is 0.333. The summed E-state index contributed by atoms with van der Waals surface area (Å²) in [7, 11) is 0. The molecule has 1 aromatic heterocycles. The zero-order valence-corrected chi connectivity index (χ0v) is 13.5. The number of rotatable bonds is 5. The molecule has 5 heteroatoms. The number of carbonyl (C=O) groups is 1. The van der Waals surface area contributed by atoms with E-state index in [9.17, 15) is 4.79 Å². The molecule has 1 N–H and O–H groups in total. The highest BCUT2D eigenvalue weighted by molar-refractivity contribution is 8.00. The van der Waals surface area contributed by atoms with Crippen LogP contribution in [0.5, 0.6) is 0 Å². The first-order valence-electron chi connectivity index (χ1n) is 6.49. The van der Waals surface area contributed by atoms with E-state index >= 15 is 0 Å². The van der Waals surface area contributed by atoms with Crippen LogP contribution in [0.4, 0.5) is 5.13 Å². The van der Waals surface area contributed by atoms with Gasteiger partial charge in [-0.25, -0.2) is 4.98 Å². The monoisotopic (exact) mass is 306 g/mol. The Morgan fingerprint density at radius 1 is 1.35 bits per heavy atom. The van der Waals surface area contributed by atoms with Gasteiger partial charge >= 0.3 is 0 Å². The second-order valence-electron chi connectivity index (χ2n) is 4.85. The quantitative estimate of drug-likeness (QED) is 0.837. The molecule has 0 saturated heterocycles. The number of aromatic nitrogens is 1. The maximum atomic E-state index is 11.8. The van der Waals surface area contributed by atoms with Crippen LogP contribution in [0.3, 0.4) is 0 Å². The average molecular weight is 306 g/mol. The molecule has 2 aromatic rings. The molecule has 0 aliphatic carbocycles. The van der Waals surface area contributed by atoms with Crippen molar-refractivity contribution in [1.82, 2.24) is 4.98 Å². The fourth-order valence-corrected chi connectivity index (χ4v) is 3.07. The van der Waals surface area contributed by atoms with E-state index in [0.29, 0.717) is 16.8 Å². The van der Waals surface area contributed by atoms with E-state index in [1.54, 1.807) is 0 Å². The van der Waals surface area contributed by atoms with Crippen molar-refractivity contribution < 1.29 is 4.79 Å². The van der Waals surface area contributed by atoms with Gasteiger partial charge in [-0.3, -0.25) is 4.79 Å². The number of hydrogen-bond donors (Lipinski definition) is 1. The highest BCUT2D eigenvalue weighted by atomic mass is 32.2. The van der Waals surface area contributed by atoms with Crippen LogP contribution in [-0.4, -0.2) is 16.6 Å². The van der Waals surface area contributed by atoms with Gasteiger partial charge in [0.2, 0.25) is 5.91 Å².